The van der Waals surface area contributed by atoms with Crippen LogP contribution in [0, 0.1) is 0 Å². The fraction of sp³-hybridized carbons (Fsp3) is 0.364. The minimum absolute atomic E-state index is 0.0318. The van der Waals surface area contributed by atoms with Gasteiger partial charge in [-0.05, 0) is 19.1 Å². The van der Waals surface area contributed by atoms with Gasteiger partial charge < -0.3 is 10.8 Å². The number of hydrogen-bond donors (Lipinski definition) is 2. The van der Waals surface area contributed by atoms with Gasteiger partial charge in [0.05, 0.1) is 11.1 Å². The predicted molar refractivity (Wildman–Crippen MR) is 78.8 cm³/mol. The normalized spacial score (nSPS) is 13.5. The predicted octanol–water partition coefficient (Wildman–Crippen LogP) is 0.976. The fourth-order valence-electron chi connectivity index (χ4n) is 1.49. The van der Waals surface area contributed by atoms with E-state index in [0.717, 1.165) is 4.31 Å². The van der Waals surface area contributed by atoms with E-state index in [1.54, 1.807) is 6.07 Å². The molecule has 106 valence electrons. The topological polar surface area (TPSA) is 83.6 Å². The highest BCUT2D eigenvalue weighted by Gasteiger charge is 2.25. The Morgan fingerprint density at radius 3 is 2.63 bits per heavy atom. The Labute approximate surface area is 123 Å². The van der Waals surface area contributed by atoms with Crippen LogP contribution in [0.5, 0.6) is 0 Å². The summed E-state index contributed by atoms with van der Waals surface area (Å²) in [5, 5.41) is 9.35. The average Bonchev–Trinajstić information content (AvgIpc) is 2.27. The molecule has 0 saturated carbocycles. The lowest BCUT2D eigenvalue weighted by molar-refractivity contribution is 0.171. The number of halogens is 1. The molecule has 1 rings (SSSR count). The van der Waals surface area contributed by atoms with E-state index in [1.165, 1.54) is 26.1 Å². The van der Waals surface area contributed by atoms with Crippen molar-refractivity contribution in [2.75, 3.05) is 13.6 Å². The van der Waals surface area contributed by atoms with Crippen molar-refractivity contribution in [3.8, 4) is 0 Å². The first-order valence-corrected chi connectivity index (χ1v) is 7.62. The number of aliphatic hydroxyl groups is 1. The van der Waals surface area contributed by atoms with E-state index >= 15 is 0 Å². The molecular formula is C11H15ClN2O3S2. The van der Waals surface area contributed by atoms with Gasteiger partial charge in [-0.3, -0.25) is 0 Å². The molecule has 0 heterocycles. The van der Waals surface area contributed by atoms with Gasteiger partial charge in [-0.15, -0.1) is 0 Å². The fourth-order valence-corrected chi connectivity index (χ4v) is 3.37. The third-order valence-corrected chi connectivity index (χ3v) is 4.97. The highest BCUT2D eigenvalue weighted by atomic mass is 35.5. The van der Waals surface area contributed by atoms with Gasteiger partial charge in [0, 0.05) is 19.2 Å². The number of hydrogen-bond acceptors (Lipinski definition) is 4. The number of sulfonamides is 1. The Hall–Kier alpha value is -0.730. The van der Waals surface area contributed by atoms with Crippen LogP contribution < -0.4 is 5.73 Å². The molecule has 3 N–H and O–H groups in total. The smallest absolute Gasteiger partial charge is 0.244 e. The summed E-state index contributed by atoms with van der Waals surface area (Å²) in [6.45, 7) is 1.47. The molecule has 0 bridgehead atoms. The van der Waals surface area contributed by atoms with Crippen LogP contribution in [0.25, 0.3) is 0 Å². The monoisotopic (exact) mass is 322 g/mol. The van der Waals surface area contributed by atoms with Gasteiger partial charge in [0.1, 0.15) is 9.88 Å². The largest absolute Gasteiger partial charge is 0.392 e. The second-order valence-corrected chi connectivity index (χ2v) is 7.00. The summed E-state index contributed by atoms with van der Waals surface area (Å²) in [7, 11) is -2.43. The lowest BCUT2D eigenvalue weighted by Gasteiger charge is -2.19. The van der Waals surface area contributed by atoms with Crippen LogP contribution in [0.15, 0.2) is 23.1 Å². The summed E-state index contributed by atoms with van der Waals surface area (Å²) < 4.78 is 25.6. The minimum Gasteiger partial charge on any atom is -0.392 e. The number of nitrogens with zero attached hydrogens (tertiary/aromatic N) is 1. The summed E-state index contributed by atoms with van der Waals surface area (Å²) >= 11 is 10.7. The van der Waals surface area contributed by atoms with Gasteiger partial charge in [-0.25, -0.2) is 8.42 Å². The number of rotatable bonds is 5. The third-order valence-electron chi connectivity index (χ3n) is 2.43. The van der Waals surface area contributed by atoms with Crippen LogP contribution in [0.4, 0.5) is 0 Å². The molecule has 5 nitrogen and oxygen atoms in total. The maximum absolute atomic E-state index is 12.3. The molecule has 1 atom stereocenters. The van der Waals surface area contributed by atoms with Crippen LogP contribution >= 0.6 is 23.8 Å². The molecule has 0 spiro atoms. The standard InChI is InChI=1S/C11H15ClN2O3S2/c1-7(15)6-14(2)19(16,17)10-5-8(11(13)18)3-4-9(10)12/h3-5,7,15H,6H2,1-2H3,(H2,13,18). The lowest BCUT2D eigenvalue weighted by Crippen LogP contribution is -2.33. The Balaban J connectivity index is 3.28. The average molecular weight is 323 g/mol. The van der Waals surface area contributed by atoms with E-state index in [4.69, 9.17) is 29.6 Å². The molecule has 1 unspecified atom stereocenters. The van der Waals surface area contributed by atoms with E-state index in [9.17, 15) is 13.5 Å². The maximum atomic E-state index is 12.3. The molecular weight excluding hydrogens is 308 g/mol. The Kier molecular flexibility index (Phi) is 5.28. The number of benzene rings is 1. The first-order chi connectivity index (χ1) is 8.66. The van der Waals surface area contributed by atoms with Crippen molar-refractivity contribution < 1.29 is 13.5 Å². The molecule has 1 aromatic carbocycles. The zero-order chi connectivity index (χ0) is 14.8. The molecule has 1 aromatic rings. The van der Waals surface area contributed by atoms with E-state index in [-0.39, 0.29) is 21.5 Å². The van der Waals surface area contributed by atoms with Gasteiger partial charge >= 0.3 is 0 Å². The zero-order valence-electron chi connectivity index (χ0n) is 10.5. The molecule has 0 aliphatic rings. The molecule has 19 heavy (non-hydrogen) atoms. The van der Waals surface area contributed by atoms with Gasteiger partial charge in [-0.2, -0.15) is 4.31 Å². The highest BCUT2D eigenvalue weighted by Crippen LogP contribution is 2.25. The molecule has 0 saturated heterocycles. The molecule has 0 aromatic heterocycles. The van der Waals surface area contributed by atoms with Crippen LogP contribution in [-0.2, 0) is 10.0 Å². The summed E-state index contributed by atoms with van der Waals surface area (Å²) in [4.78, 5) is 0.00825. The quantitative estimate of drug-likeness (QED) is 0.789. The SMILES string of the molecule is CC(O)CN(C)S(=O)(=O)c1cc(C(N)=S)ccc1Cl. The summed E-state index contributed by atoms with van der Waals surface area (Å²) in [5.41, 5.74) is 5.89. The molecule has 0 aliphatic heterocycles. The number of aliphatic hydroxyl groups excluding tert-OH is 1. The molecule has 0 radical (unpaired) electrons. The van der Waals surface area contributed by atoms with Crippen molar-refractivity contribution in [2.24, 2.45) is 5.73 Å². The van der Waals surface area contributed by atoms with Gasteiger partial charge in [0.25, 0.3) is 0 Å². The van der Waals surface area contributed by atoms with Gasteiger partial charge in [0.2, 0.25) is 10.0 Å². The van der Waals surface area contributed by atoms with Crippen LogP contribution in [-0.4, -0.2) is 42.5 Å². The molecule has 0 aliphatic carbocycles. The lowest BCUT2D eigenvalue weighted by atomic mass is 10.2. The number of thiocarbonyl (C=S) groups is 1. The molecule has 0 fully saturated rings. The van der Waals surface area contributed by atoms with Crippen LogP contribution in [0.2, 0.25) is 5.02 Å². The van der Waals surface area contributed by atoms with E-state index < -0.39 is 16.1 Å². The second-order valence-electron chi connectivity index (χ2n) is 4.14. The summed E-state index contributed by atoms with van der Waals surface area (Å²) in [6, 6.07) is 4.32. The van der Waals surface area contributed by atoms with E-state index in [0.29, 0.717) is 5.56 Å². The van der Waals surface area contributed by atoms with Crippen molar-refractivity contribution in [3.05, 3.63) is 28.8 Å². The van der Waals surface area contributed by atoms with Gasteiger partial charge in [-0.1, -0.05) is 29.9 Å². The highest BCUT2D eigenvalue weighted by molar-refractivity contribution is 7.89. The van der Waals surface area contributed by atoms with Gasteiger partial charge in [0.15, 0.2) is 0 Å². The Morgan fingerprint density at radius 2 is 2.16 bits per heavy atom. The van der Waals surface area contributed by atoms with Crippen molar-refractivity contribution in [1.29, 1.82) is 0 Å². The zero-order valence-corrected chi connectivity index (χ0v) is 12.9. The number of nitrogens with two attached hydrogens (primary N) is 1. The minimum atomic E-state index is -3.79. The van der Waals surface area contributed by atoms with E-state index in [2.05, 4.69) is 0 Å². The molecule has 0 amide bonds. The Morgan fingerprint density at radius 1 is 1.58 bits per heavy atom. The first-order valence-electron chi connectivity index (χ1n) is 5.40. The number of likely N-dealkylation sites (N-methyl/N-ethyl adjacent to an activating group) is 1. The molecule has 8 heteroatoms. The maximum Gasteiger partial charge on any atom is 0.244 e. The van der Waals surface area contributed by atoms with Crippen LogP contribution in [0.3, 0.4) is 0 Å². The Bertz CT molecular complexity index is 588. The first kappa shape index (κ1) is 16.3. The summed E-state index contributed by atoms with van der Waals surface area (Å²) in [6.07, 6.45) is -0.780. The second kappa shape index (κ2) is 6.15. The van der Waals surface area contributed by atoms with Crippen molar-refractivity contribution >= 4 is 38.8 Å². The van der Waals surface area contributed by atoms with E-state index in [1.807, 2.05) is 0 Å². The van der Waals surface area contributed by atoms with Crippen molar-refractivity contribution in [2.45, 2.75) is 17.9 Å². The summed E-state index contributed by atoms with van der Waals surface area (Å²) in [5.74, 6) is 0. The third kappa shape index (κ3) is 3.87. The van der Waals surface area contributed by atoms with Crippen molar-refractivity contribution in [1.82, 2.24) is 4.31 Å². The van der Waals surface area contributed by atoms with Crippen molar-refractivity contribution in [3.63, 3.8) is 0 Å². The van der Waals surface area contributed by atoms with Crippen LogP contribution in [0.1, 0.15) is 12.5 Å².